The standard InChI is InChI=1S/C11H18O2/c1-3-8-13-10-4-6-11(2,9-12)7-5-10/h1,10,12H,4-9H2,2H3. The number of rotatable bonds is 3. The molecule has 0 atom stereocenters. The van der Waals surface area contributed by atoms with Gasteiger partial charge in [-0.25, -0.2) is 0 Å². The van der Waals surface area contributed by atoms with E-state index in [2.05, 4.69) is 12.8 Å². The average Bonchev–Trinajstić information content (AvgIpc) is 2.17. The summed E-state index contributed by atoms with van der Waals surface area (Å²) in [5.74, 6) is 2.48. The molecule has 13 heavy (non-hydrogen) atoms. The van der Waals surface area contributed by atoms with E-state index >= 15 is 0 Å². The molecule has 0 aromatic carbocycles. The number of hydrogen-bond acceptors (Lipinski definition) is 2. The molecule has 0 saturated heterocycles. The molecule has 0 unspecified atom stereocenters. The molecular weight excluding hydrogens is 164 g/mol. The van der Waals surface area contributed by atoms with Crippen molar-refractivity contribution in [2.75, 3.05) is 13.2 Å². The van der Waals surface area contributed by atoms with E-state index in [9.17, 15) is 0 Å². The summed E-state index contributed by atoms with van der Waals surface area (Å²) in [5, 5.41) is 9.14. The topological polar surface area (TPSA) is 29.5 Å². The van der Waals surface area contributed by atoms with E-state index in [1.807, 2.05) is 0 Å². The summed E-state index contributed by atoms with van der Waals surface area (Å²) < 4.78 is 5.45. The van der Waals surface area contributed by atoms with Gasteiger partial charge in [0, 0.05) is 6.61 Å². The molecule has 1 aliphatic rings. The Bertz CT molecular complexity index is 185. The lowest BCUT2D eigenvalue weighted by atomic mass is 9.75. The van der Waals surface area contributed by atoms with Crippen LogP contribution in [-0.4, -0.2) is 24.4 Å². The lowest BCUT2D eigenvalue weighted by molar-refractivity contribution is -0.00137. The molecule has 1 saturated carbocycles. The van der Waals surface area contributed by atoms with Gasteiger partial charge >= 0.3 is 0 Å². The van der Waals surface area contributed by atoms with E-state index in [0.29, 0.717) is 12.7 Å². The third kappa shape index (κ3) is 3.02. The van der Waals surface area contributed by atoms with Gasteiger partial charge in [-0.2, -0.15) is 0 Å². The van der Waals surface area contributed by atoms with Crippen LogP contribution in [-0.2, 0) is 4.74 Å². The molecule has 0 aliphatic heterocycles. The number of aliphatic hydroxyl groups is 1. The summed E-state index contributed by atoms with van der Waals surface area (Å²) in [6.45, 7) is 2.83. The minimum Gasteiger partial charge on any atom is -0.396 e. The summed E-state index contributed by atoms with van der Waals surface area (Å²) in [6.07, 6.45) is 9.56. The molecule has 74 valence electrons. The number of aliphatic hydroxyl groups excluding tert-OH is 1. The van der Waals surface area contributed by atoms with Gasteiger partial charge in [0.1, 0.15) is 6.61 Å². The molecule has 2 heteroatoms. The number of terminal acetylenes is 1. The molecule has 0 bridgehead atoms. The zero-order valence-electron chi connectivity index (χ0n) is 8.25. The van der Waals surface area contributed by atoms with Crippen LogP contribution in [0.25, 0.3) is 0 Å². The van der Waals surface area contributed by atoms with Crippen molar-refractivity contribution in [2.45, 2.75) is 38.7 Å². The first-order chi connectivity index (χ1) is 6.20. The van der Waals surface area contributed by atoms with Gasteiger partial charge in [-0.1, -0.05) is 12.8 Å². The van der Waals surface area contributed by atoms with E-state index in [1.165, 1.54) is 0 Å². The second-order valence-electron chi connectivity index (χ2n) is 4.18. The maximum Gasteiger partial charge on any atom is 0.107 e. The van der Waals surface area contributed by atoms with Crippen LogP contribution in [0.3, 0.4) is 0 Å². The third-order valence-corrected chi connectivity index (χ3v) is 2.92. The quantitative estimate of drug-likeness (QED) is 0.671. The first kappa shape index (κ1) is 10.6. The van der Waals surface area contributed by atoms with E-state index in [4.69, 9.17) is 16.3 Å². The largest absolute Gasteiger partial charge is 0.396 e. The van der Waals surface area contributed by atoms with Gasteiger partial charge in [-0.3, -0.25) is 0 Å². The molecule has 1 aliphatic carbocycles. The fourth-order valence-corrected chi connectivity index (χ4v) is 1.78. The van der Waals surface area contributed by atoms with Gasteiger partial charge in [-0.15, -0.1) is 6.42 Å². The second kappa shape index (κ2) is 4.64. The highest BCUT2D eigenvalue weighted by Gasteiger charge is 2.30. The summed E-state index contributed by atoms with van der Waals surface area (Å²) in [4.78, 5) is 0. The van der Waals surface area contributed by atoms with Crippen molar-refractivity contribution in [3.05, 3.63) is 0 Å². The Labute approximate surface area is 80.3 Å². The lowest BCUT2D eigenvalue weighted by Gasteiger charge is -2.35. The van der Waals surface area contributed by atoms with Gasteiger partial charge in [0.2, 0.25) is 0 Å². The molecule has 2 nitrogen and oxygen atoms in total. The van der Waals surface area contributed by atoms with Gasteiger partial charge in [0.05, 0.1) is 6.10 Å². The second-order valence-corrected chi connectivity index (χ2v) is 4.18. The summed E-state index contributed by atoms with van der Waals surface area (Å²) in [7, 11) is 0. The Morgan fingerprint density at radius 3 is 2.62 bits per heavy atom. The zero-order valence-corrected chi connectivity index (χ0v) is 8.25. The third-order valence-electron chi connectivity index (χ3n) is 2.92. The molecule has 0 aromatic rings. The average molecular weight is 182 g/mol. The van der Waals surface area contributed by atoms with Crippen LogP contribution in [0.15, 0.2) is 0 Å². The minimum atomic E-state index is 0.121. The predicted molar refractivity (Wildman–Crippen MR) is 52.2 cm³/mol. The van der Waals surface area contributed by atoms with Crippen LogP contribution in [0.4, 0.5) is 0 Å². The molecule has 0 radical (unpaired) electrons. The van der Waals surface area contributed by atoms with Crippen LogP contribution in [0.1, 0.15) is 32.6 Å². The van der Waals surface area contributed by atoms with Crippen LogP contribution in [0.2, 0.25) is 0 Å². The van der Waals surface area contributed by atoms with Gasteiger partial charge in [-0.05, 0) is 31.1 Å². The van der Waals surface area contributed by atoms with Crippen molar-refractivity contribution in [2.24, 2.45) is 5.41 Å². The van der Waals surface area contributed by atoms with Crippen molar-refractivity contribution >= 4 is 0 Å². The van der Waals surface area contributed by atoms with Crippen molar-refractivity contribution < 1.29 is 9.84 Å². The summed E-state index contributed by atoms with van der Waals surface area (Å²) in [5.41, 5.74) is 0.121. The molecule has 0 amide bonds. The maximum atomic E-state index is 9.14. The van der Waals surface area contributed by atoms with Gasteiger partial charge in [0.15, 0.2) is 0 Å². The van der Waals surface area contributed by atoms with Crippen LogP contribution in [0, 0.1) is 17.8 Å². The number of hydrogen-bond donors (Lipinski definition) is 1. The molecule has 0 heterocycles. The van der Waals surface area contributed by atoms with Gasteiger partial charge in [0.25, 0.3) is 0 Å². The van der Waals surface area contributed by atoms with Crippen LogP contribution < -0.4 is 0 Å². The predicted octanol–water partition coefficient (Wildman–Crippen LogP) is 1.58. The lowest BCUT2D eigenvalue weighted by Crippen LogP contribution is -2.31. The SMILES string of the molecule is C#CCOC1CCC(C)(CO)CC1. The molecule has 0 aromatic heterocycles. The summed E-state index contributed by atoms with van der Waals surface area (Å²) in [6, 6.07) is 0. The fraction of sp³-hybridized carbons (Fsp3) is 0.818. The van der Waals surface area contributed by atoms with Crippen molar-refractivity contribution in [1.82, 2.24) is 0 Å². The Balaban J connectivity index is 2.27. The molecule has 1 rings (SSSR count). The monoisotopic (exact) mass is 182 g/mol. The maximum absolute atomic E-state index is 9.14. The molecular formula is C11H18O2. The zero-order chi connectivity index (χ0) is 9.73. The Kier molecular flexibility index (Phi) is 3.77. The molecule has 0 spiro atoms. The van der Waals surface area contributed by atoms with E-state index in [1.54, 1.807) is 0 Å². The van der Waals surface area contributed by atoms with Gasteiger partial charge < -0.3 is 9.84 Å². The normalized spacial score (nSPS) is 34.1. The number of ether oxygens (including phenoxy) is 1. The Morgan fingerprint density at radius 2 is 2.15 bits per heavy atom. The highest BCUT2D eigenvalue weighted by Crippen LogP contribution is 2.36. The molecule has 1 N–H and O–H groups in total. The summed E-state index contributed by atoms with van der Waals surface area (Å²) >= 11 is 0. The van der Waals surface area contributed by atoms with E-state index in [0.717, 1.165) is 25.7 Å². The Morgan fingerprint density at radius 1 is 1.54 bits per heavy atom. The fourth-order valence-electron chi connectivity index (χ4n) is 1.78. The highest BCUT2D eigenvalue weighted by atomic mass is 16.5. The van der Waals surface area contributed by atoms with Crippen LogP contribution in [0.5, 0.6) is 0 Å². The highest BCUT2D eigenvalue weighted by molar-refractivity contribution is 4.86. The molecule has 1 fully saturated rings. The smallest absolute Gasteiger partial charge is 0.107 e. The van der Waals surface area contributed by atoms with Crippen LogP contribution >= 0.6 is 0 Å². The Hall–Kier alpha value is -0.520. The first-order valence-corrected chi connectivity index (χ1v) is 4.86. The van der Waals surface area contributed by atoms with Crippen molar-refractivity contribution in [3.63, 3.8) is 0 Å². The first-order valence-electron chi connectivity index (χ1n) is 4.86. The minimum absolute atomic E-state index is 0.121. The van der Waals surface area contributed by atoms with E-state index in [-0.39, 0.29) is 12.0 Å². The van der Waals surface area contributed by atoms with Crippen molar-refractivity contribution in [3.8, 4) is 12.3 Å². The van der Waals surface area contributed by atoms with Crippen molar-refractivity contribution in [1.29, 1.82) is 0 Å². The van der Waals surface area contributed by atoms with E-state index < -0.39 is 0 Å².